The molecule has 3 N–H and O–H groups in total. The Balaban J connectivity index is 2.45. The molecular weight excluding hydrogens is 186 g/mol. The zero-order chi connectivity index (χ0) is 9.84. The minimum absolute atomic E-state index is 0.0136. The van der Waals surface area contributed by atoms with Crippen LogP contribution in [0.5, 0.6) is 0 Å². The first kappa shape index (κ1) is 9.98. The first-order valence-electron chi connectivity index (χ1n) is 4.07. The highest BCUT2D eigenvalue weighted by Gasteiger charge is 2.06. The predicted molar refractivity (Wildman–Crippen MR) is 53.5 cm³/mol. The second-order valence-corrected chi connectivity index (χ2v) is 3.97. The number of amides is 1. The third-order valence-electron chi connectivity index (χ3n) is 1.36. The van der Waals surface area contributed by atoms with Crippen LogP contribution in [0.25, 0.3) is 0 Å². The molecule has 0 unspecified atom stereocenters. The summed E-state index contributed by atoms with van der Waals surface area (Å²) in [4.78, 5) is 15.2. The Hall–Kier alpha value is -1.10. The van der Waals surface area contributed by atoms with Gasteiger partial charge >= 0.3 is 0 Å². The monoisotopic (exact) mass is 199 g/mol. The van der Waals surface area contributed by atoms with Crippen molar-refractivity contribution < 1.29 is 4.79 Å². The maximum atomic E-state index is 11.2. The molecule has 0 bridgehead atoms. The minimum atomic E-state index is -0.0136. The molecule has 0 aromatic carbocycles. The maximum absolute atomic E-state index is 11.2. The van der Waals surface area contributed by atoms with E-state index in [-0.39, 0.29) is 11.9 Å². The van der Waals surface area contributed by atoms with Crippen LogP contribution in [0.3, 0.4) is 0 Å². The van der Waals surface area contributed by atoms with Crippen LogP contribution in [-0.2, 0) is 11.2 Å². The van der Waals surface area contributed by atoms with Crippen LogP contribution in [0, 0.1) is 0 Å². The molecule has 5 heteroatoms. The van der Waals surface area contributed by atoms with Gasteiger partial charge in [0.25, 0.3) is 0 Å². The first-order chi connectivity index (χ1) is 6.08. The van der Waals surface area contributed by atoms with Crippen LogP contribution >= 0.6 is 11.3 Å². The van der Waals surface area contributed by atoms with Gasteiger partial charge in [-0.1, -0.05) is 0 Å². The number of hydrogen-bond donors (Lipinski definition) is 2. The summed E-state index contributed by atoms with van der Waals surface area (Å²) < 4.78 is 0. The fraction of sp³-hybridized carbons (Fsp3) is 0.500. The summed E-state index contributed by atoms with van der Waals surface area (Å²) in [6, 6.07) is 0.170. The molecule has 4 nitrogen and oxygen atoms in total. The lowest BCUT2D eigenvalue weighted by Gasteiger charge is -2.06. The van der Waals surface area contributed by atoms with Crippen molar-refractivity contribution in [1.29, 1.82) is 0 Å². The number of hydrogen-bond acceptors (Lipinski definition) is 4. The predicted octanol–water partition coefficient (Wildman–Crippen LogP) is 0.792. The van der Waals surface area contributed by atoms with Crippen LogP contribution in [0.4, 0.5) is 5.13 Å². The van der Waals surface area contributed by atoms with Gasteiger partial charge < -0.3 is 11.1 Å². The van der Waals surface area contributed by atoms with E-state index in [0.717, 1.165) is 5.69 Å². The molecule has 0 atom stereocenters. The number of nitrogen functional groups attached to an aromatic ring is 1. The van der Waals surface area contributed by atoms with Crippen LogP contribution < -0.4 is 11.1 Å². The summed E-state index contributed by atoms with van der Waals surface area (Å²) in [7, 11) is 0. The zero-order valence-electron chi connectivity index (χ0n) is 7.70. The van der Waals surface area contributed by atoms with Crippen LogP contribution in [0.15, 0.2) is 5.38 Å². The van der Waals surface area contributed by atoms with E-state index in [9.17, 15) is 4.79 Å². The Morgan fingerprint density at radius 2 is 2.46 bits per heavy atom. The van der Waals surface area contributed by atoms with E-state index in [2.05, 4.69) is 10.3 Å². The molecule has 0 aliphatic carbocycles. The smallest absolute Gasteiger partial charge is 0.226 e. The number of nitrogens with two attached hydrogens (primary N) is 1. The summed E-state index contributed by atoms with van der Waals surface area (Å²) in [6.07, 6.45) is 0.311. The van der Waals surface area contributed by atoms with Gasteiger partial charge in [0.1, 0.15) is 0 Å². The molecule has 72 valence electrons. The third-order valence-corrected chi connectivity index (χ3v) is 2.08. The summed E-state index contributed by atoms with van der Waals surface area (Å²) >= 11 is 1.35. The van der Waals surface area contributed by atoms with Gasteiger partial charge in [-0.3, -0.25) is 4.79 Å². The van der Waals surface area contributed by atoms with Crippen molar-refractivity contribution in [2.45, 2.75) is 26.3 Å². The van der Waals surface area contributed by atoms with Crippen molar-refractivity contribution in [3.05, 3.63) is 11.1 Å². The van der Waals surface area contributed by atoms with Gasteiger partial charge in [-0.15, -0.1) is 11.3 Å². The number of aromatic nitrogens is 1. The number of carbonyl (C=O) groups excluding carboxylic acids is 1. The molecule has 0 spiro atoms. The van der Waals surface area contributed by atoms with E-state index < -0.39 is 0 Å². The summed E-state index contributed by atoms with van der Waals surface area (Å²) in [6.45, 7) is 3.85. The molecule has 13 heavy (non-hydrogen) atoms. The van der Waals surface area contributed by atoms with Crippen molar-refractivity contribution in [2.24, 2.45) is 0 Å². The van der Waals surface area contributed by atoms with E-state index in [1.54, 1.807) is 5.38 Å². The maximum Gasteiger partial charge on any atom is 0.226 e. The lowest BCUT2D eigenvalue weighted by Crippen LogP contribution is -2.31. The Kier molecular flexibility index (Phi) is 3.25. The van der Waals surface area contributed by atoms with Gasteiger partial charge in [0, 0.05) is 11.4 Å². The molecule has 0 saturated carbocycles. The third kappa shape index (κ3) is 3.42. The lowest BCUT2D eigenvalue weighted by molar-refractivity contribution is -0.120. The van der Waals surface area contributed by atoms with Gasteiger partial charge in [0.15, 0.2) is 5.13 Å². The number of nitrogens with zero attached hydrogens (tertiary/aromatic N) is 1. The van der Waals surface area contributed by atoms with Crippen molar-refractivity contribution in [3.8, 4) is 0 Å². The summed E-state index contributed by atoms with van der Waals surface area (Å²) in [5.41, 5.74) is 6.17. The summed E-state index contributed by atoms with van der Waals surface area (Å²) in [5, 5.41) is 5.09. The molecule has 1 aromatic rings. The average Bonchev–Trinajstić information content (AvgIpc) is 2.33. The molecule has 1 heterocycles. The Morgan fingerprint density at radius 3 is 2.92 bits per heavy atom. The molecule has 1 amide bonds. The fourth-order valence-electron chi connectivity index (χ4n) is 0.941. The minimum Gasteiger partial charge on any atom is -0.375 e. The van der Waals surface area contributed by atoms with Gasteiger partial charge in [-0.05, 0) is 13.8 Å². The zero-order valence-corrected chi connectivity index (χ0v) is 8.52. The van der Waals surface area contributed by atoms with Gasteiger partial charge in [-0.25, -0.2) is 4.98 Å². The van der Waals surface area contributed by atoms with E-state index in [0.29, 0.717) is 11.6 Å². The largest absolute Gasteiger partial charge is 0.375 e. The molecule has 1 rings (SSSR count). The van der Waals surface area contributed by atoms with Crippen LogP contribution in [0.1, 0.15) is 19.5 Å². The fourth-order valence-corrected chi connectivity index (χ4v) is 1.50. The van der Waals surface area contributed by atoms with Crippen molar-refractivity contribution in [2.75, 3.05) is 5.73 Å². The first-order valence-corrected chi connectivity index (χ1v) is 4.95. The molecule has 0 radical (unpaired) electrons. The highest BCUT2D eigenvalue weighted by atomic mass is 32.1. The highest BCUT2D eigenvalue weighted by molar-refractivity contribution is 7.13. The number of nitrogens with one attached hydrogen (secondary N) is 1. The van der Waals surface area contributed by atoms with Gasteiger partial charge in [0.2, 0.25) is 5.91 Å². The molecule has 0 aliphatic rings. The highest BCUT2D eigenvalue weighted by Crippen LogP contribution is 2.11. The Morgan fingerprint density at radius 1 is 1.77 bits per heavy atom. The normalized spacial score (nSPS) is 10.4. The topological polar surface area (TPSA) is 68.0 Å². The average molecular weight is 199 g/mol. The van der Waals surface area contributed by atoms with Crippen LogP contribution in [0.2, 0.25) is 0 Å². The number of rotatable bonds is 3. The quantitative estimate of drug-likeness (QED) is 0.756. The van der Waals surface area contributed by atoms with E-state index in [1.807, 2.05) is 13.8 Å². The van der Waals surface area contributed by atoms with Gasteiger partial charge in [0.05, 0.1) is 12.1 Å². The second-order valence-electron chi connectivity index (χ2n) is 3.08. The van der Waals surface area contributed by atoms with E-state index in [1.165, 1.54) is 11.3 Å². The SMILES string of the molecule is CC(C)NC(=O)Cc1csc(N)n1. The van der Waals surface area contributed by atoms with E-state index >= 15 is 0 Å². The summed E-state index contributed by atoms with van der Waals surface area (Å²) in [5.74, 6) is -0.0136. The standard InChI is InChI=1S/C8H13N3OS/c1-5(2)10-7(12)3-6-4-13-8(9)11-6/h4-5H,3H2,1-2H3,(H2,9,11)(H,10,12). The molecule has 0 saturated heterocycles. The molecule has 0 aliphatic heterocycles. The molecule has 1 aromatic heterocycles. The Labute approximate surface area is 81.2 Å². The number of anilines is 1. The Bertz CT molecular complexity index is 295. The number of thiazole rings is 1. The second kappa shape index (κ2) is 4.23. The van der Waals surface area contributed by atoms with Crippen molar-refractivity contribution >= 4 is 22.4 Å². The molecule has 0 fully saturated rings. The molecular formula is C8H13N3OS. The van der Waals surface area contributed by atoms with Crippen molar-refractivity contribution in [1.82, 2.24) is 10.3 Å². The van der Waals surface area contributed by atoms with E-state index in [4.69, 9.17) is 5.73 Å². The van der Waals surface area contributed by atoms with Gasteiger partial charge in [-0.2, -0.15) is 0 Å². The van der Waals surface area contributed by atoms with Crippen molar-refractivity contribution in [3.63, 3.8) is 0 Å². The lowest BCUT2D eigenvalue weighted by atomic mass is 10.3. The van der Waals surface area contributed by atoms with Crippen LogP contribution in [-0.4, -0.2) is 16.9 Å². The number of carbonyl (C=O) groups is 1.